The van der Waals surface area contributed by atoms with E-state index < -0.39 is 5.41 Å². The Morgan fingerprint density at radius 3 is 2.61 bits per heavy atom. The van der Waals surface area contributed by atoms with Crippen molar-refractivity contribution >= 4 is 5.91 Å². The molecule has 0 bridgehead atoms. The van der Waals surface area contributed by atoms with Crippen molar-refractivity contribution in [2.45, 2.75) is 38.6 Å². The minimum Gasteiger partial charge on any atom is -0.384 e. The molecular formula is C14H26N2O2. The van der Waals surface area contributed by atoms with E-state index in [-0.39, 0.29) is 11.4 Å². The van der Waals surface area contributed by atoms with Crippen LogP contribution in [0.4, 0.5) is 0 Å². The Hall–Kier alpha value is -0.610. The van der Waals surface area contributed by atoms with E-state index in [1.165, 1.54) is 19.4 Å². The topological polar surface area (TPSA) is 32.8 Å². The van der Waals surface area contributed by atoms with Crippen LogP contribution < -0.4 is 0 Å². The Kier molecular flexibility index (Phi) is 3.70. The number of amides is 1. The van der Waals surface area contributed by atoms with Crippen LogP contribution in [-0.4, -0.2) is 61.6 Å². The second-order valence-electron chi connectivity index (χ2n) is 6.54. The summed E-state index contributed by atoms with van der Waals surface area (Å²) in [5, 5.41) is 0. The monoisotopic (exact) mass is 254 g/mol. The number of hydrogen-bond acceptors (Lipinski definition) is 3. The largest absolute Gasteiger partial charge is 0.384 e. The highest BCUT2D eigenvalue weighted by Gasteiger charge is 2.47. The SMILES string of the molecule is COCC(C)(C)C(=O)N1CCC2(CCCN2C)C1. The lowest BCUT2D eigenvalue weighted by Gasteiger charge is -2.34. The highest BCUT2D eigenvalue weighted by Crippen LogP contribution is 2.37. The Morgan fingerprint density at radius 2 is 2.06 bits per heavy atom. The first kappa shape index (κ1) is 13.8. The number of methoxy groups -OCH3 is 1. The molecule has 1 atom stereocenters. The first-order valence-electron chi connectivity index (χ1n) is 6.91. The summed E-state index contributed by atoms with van der Waals surface area (Å²) in [4.78, 5) is 17.0. The van der Waals surface area contributed by atoms with Gasteiger partial charge < -0.3 is 9.64 Å². The minimum absolute atomic E-state index is 0.238. The molecule has 2 aliphatic rings. The van der Waals surface area contributed by atoms with Crippen molar-refractivity contribution in [2.75, 3.05) is 40.4 Å². The van der Waals surface area contributed by atoms with E-state index >= 15 is 0 Å². The number of carbonyl (C=O) groups excluding carboxylic acids is 1. The zero-order valence-corrected chi connectivity index (χ0v) is 12.2. The molecule has 0 aromatic rings. The summed E-state index contributed by atoms with van der Waals surface area (Å²) >= 11 is 0. The van der Waals surface area contributed by atoms with Gasteiger partial charge in [0.15, 0.2) is 0 Å². The fourth-order valence-corrected chi connectivity index (χ4v) is 3.47. The molecule has 2 fully saturated rings. The minimum atomic E-state index is -0.405. The van der Waals surface area contributed by atoms with Crippen LogP contribution in [0.25, 0.3) is 0 Å². The molecule has 1 spiro atoms. The number of likely N-dealkylation sites (tertiary alicyclic amines) is 2. The van der Waals surface area contributed by atoms with Crippen LogP contribution in [0.15, 0.2) is 0 Å². The maximum atomic E-state index is 12.5. The summed E-state index contributed by atoms with van der Waals surface area (Å²) in [6, 6.07) is 0. The van der Waals surface area contributed by atoms with Crippen molar-refractivity contribution in [3.63, 3.8) is 0 Å². The van der Waals surface area contributed by atoms with Crippen LogP contribution >= 0.6 is 0 Å². The summed E-state index contributed by atoms with van der Waals surface area (Å²) in [5.74, 6) is 0.238. The zero-order valence-electron chi connectivity index (χ0n) is 12.2. The molecule has 2 saturated heterocycles. The van der Waals surface area contributed by atoms with E-state index in [1.807, 2.05) is 18.7 Å². The quantitative estimate of drug-likeness (QED) is 0.762. The van der Waals surface area contributed by atoms with Crippen molar-refractivity contribution in [3.05, 3.63) is 0 Å². The van der Waals surface area contributed by atoms with E-state index in [1.54, 1.807) is 7.11 Å². The van der Waals surface area contributed by atoms with Crippen molar-refractivity contribution in [2.24, 2.45) is 5.41 Å². The molecule has 4 nitrogen and oxygen atoms in total. The Morgan fingerprint density at radius 1 is 1.33 bits per heavy atom. The van der Waals surface area contributed by atoms with Crippen LogP contribution in [0.2, 0.25) is 0 Å². The number of carbonyl (C=O) groups is 1. The summed E-state index contributed by atoms with van der Waals surface area (Å²) < 4.78 is 5.17. The second-order valence-corrected chi connectivity index (χ2v) is 6.54. The van der Waals surface area contributed by atoms with Gasteiger partial charge in [-0.3, -0.25) is 9.69 Å². The number of hydrogen-bond donors (Lipinski definition) is 0. The molecular weight excluding hydrogens is 228 g/mol. The van der Waals surface area contributed by atoms with E-state index in [0.29, 0.717) is 6.61 Å². The summed E-state index contributed by atoms with van der Waals surface area (Å²) in [6.45, 7) is 7.41. The van der Waals surface area contributed by atoms with E-state index in [4.69, 9.17) is 4.74 Å². The Balaban J connectivity index is 2.02. The Bertz CT molecular complexity index is 330. The molecule has 2 heterocycles. The fraction of sp³-hybridized carbons (Fsp3) is 0.929. The van der Waals surface area contributed by atoms with Crippen LogP contribution in [0.1, 0.15) is 33.1 Å². The van der Waals surface area contributed by atoms with Crippen molar-refractivity contribution in [3.8, 4) is 0 Å². The van der Waals surface area contributed by atoms with Gasteiger partial charge in [0.2, 0.25) is 5.91 Å². The third kappa shape index (κ3) is 2.28. The van der Waals surface area contributed by atoms with Gasteiger partial charge in [-0.1, -0.05) is 0 Å². The van der Waals surface area contributed by atoms with Gasteiger partial charge in [-0.15, -0.1) is 0 Å². The van der Waals surface area contributed by atoms with Gasteiger partial charge in [-0.25, -0.2) is 0 Å². The zero-order chi connectivity index (χ0) is 13.4. The van der Waals surface area contributed by atoms with Crippen LogP contribution in [0.5, 0.6) is 0 Å². The third-order valence-corrected chi connectivity index (χ3v) is 4.65. The van der Waals surface area contributed by atoms with E-state index in [2.05, 4.69) is 11.9 Å². The molecule has 2 aliphatic heterocycles. The van der Waals surface area contributed by atoms with Gasteiger partial charge in [0.1, 0.15) is 0 Å². The second kappa shape index (κ2) is 4.82. The predicted octanol–water partition coefficient (Wildman–Crippen LogP) is 1.36. The van der Waals surface area contributed by atoms with Crippen molar-refractivity contribution in [1.29, 1.82) is 0 Å². The van der Waals surface area contributed by atoms with Gasteiger partial charge >= 0.3 is 0 Å². The lowest BCUT2D eigenvalue weighted by molar-refractivity contribution is -0.142. The van der Waals surface area contributed by atoms with Crippen LogP contribution in [0, 0.1) is 5.41 Å². The lowest BCUT2D eigenvalue weighted by atomic mass is 9.92. The van der Waals surface area contributed by atoms with Gasteiger partial charge in [0, 0.05) is 25.7 Å². The normalized spacial score (nSPS) is 29.4. The number of rotatable bonds is 3. The van der Waals surface area contributed by atoms with Gasteiger partial charge in [0.25, 0.3) is 0 Å². The number of likely N-dealkylation sites (N-methyl/N-ethyl adjacent to an activating group) is 1. The molecule has 1 unspecified atom stereocenters. The maximum absolute atomic E-state index is 12.5. The molecule has 0 aromatic carbocycles. The van der Waals surface area contributed by atoms with Gasteiger partial charge in [0.05, 0.1) is 12.0 Å². The molecule has 0 saturated carbocycles. The predicted molar refractivity (Wildman–Crippen MR) is 71.4 cm³/mol. The standard InChI is InChI=1S/C14H26N2O2/c1-13(2,11-18-4)12(17)16-9-7-14(10-16)6-5-8-15(14)3/h5-11H2,1-4H3. The number of nitrogens with zero attached hydrogens (tertiary/aromatic N) is 2. The summed E-state index contributed by atoms with van der Waals surface area (Å²) in [6.07, 6.45) is 3.62. The van der Waals surface area contributed by atoms with Gasteiger partial charge in [-0.2, -0.15) is 0 Å². The lowest BCUT2D eigenvalue weighted by Crippen LogP contribution is -2.47. The highest BCUT2D eigenvalue weighted by atomic mass is 16.5. The molecule has 2 rings (SSSR count). The molecule has 4 heteroatoms. The smallest absolute Gasteiger partial charge is 0.230 e. The molecule has 0 aliphatic carbocycles. The average molecular weight is 254 g/mol. The van der Waals surface area contributed by atoms with Crippen LogP contribution in [0.3, 0.4) is 0 Å². The van der Waals surface area contributed by atoms with Crippen molar-refractivity contribution < 1.29 is 9.53 Å². The van der Waals surface area contributed by atoms with Gasteiger partial charge in [-0.05, 0) is 46.7 Å². The third-order valence-electron chi connectivity index (χ3n) is 4.65. The molecule has 1 amide bonds. The fourth-order valence-electron chi connectivity index (χ4n) is 3.47. The van der Waals surface area contributed by atoms with Crippen LogP contribution in [-0.2, 0) is 9.53 Å². The van der Waals surface area contributed by atoms with E-state index in [0.717, 1.165) is 19.5 Å². The molecule has 18 heavy (non-hydrogen) atoms. The summed E-state index contributed by atoms with van der Waals surface area (Å²) in [5.41, 5.74) is -0.143. The highest BCUT2D eigenvalue weighted by molar-refractivity contribution is 5.82. The maximum Gasteiger partial charge on any atom is 0.230 e. The first-order valence-corrected chi connectivity index (χ1v) is 6.91. The first-order chi connectivity index (χ1) is 8.41. The molecule has 0 N–H and O–H groups in total. The average Bonchev–Trinajstić information content (AvgIpc) is 2.87. The number of ether oxygens (including phenoxy) is 1. The molecule has 104 valence electrons. The molecule has 0 radical (unpaired) electrons. The summed E-state index contributed by atoms with van der Waals surface area (Å²) in [7, 11) is 3.85. The van der Waals surface area contributed by atoms with E-state index in [9.17, 15) is 4.79 Å². The van der Waals surface area contributed by atoms with Crippen molar-refractivity contribution in [1.82, 2.24) is 9.80 Å². The molecule has 0 aromatic heterocycles. The Labute approximate surface area is 110 Å².